The van der Waals surface area contributed by atoms with Gasteiger partial charge in [0.25, 0.3) is 9.05 Å². The fourth-order valence-corrected chi connectivity index (χ4v) is 3.79. The van der Waals surface area contributed by atoms with Crippen LogP contribution in [-0.2, 0) is 13.8 Å². The summed E-state index contributed by atoms with van der Waals surface area (Å²) in [4.78, 5) is -0.0148. The van der Waals surface area contributed by atoms with Crippen LogP contribution in [0.4, 0.5) is 0 Å². The first-order chi connectivity index (χ1) is 8.88. The number of benzene rings is 1. The Morgan fingerprint density at radius 3 is 2.84 bits per heavy atom. The molecule has 0 aliphatic carbocycles. The van der Waals surface area contributed by atoms with Crippen molar-refractivity contribution in [3.8, 4) is 5.75 Å². The van der Waals surface area contributed by atoms with E-state index < -0.39 is 9.05 Å². The molecule has 0 amide bonds. The van der Waals surface area contributed by atoms with Gasteiger partial charge in [0, 0.05) is 21.8 Å². The lowest BCUT2D eigenvalue weighted by atomic mass is 10.2. The highest BCUT2D eigenvalue weighted by molar-refractivity contribution is 9.10. The number of rotatable bonds is 4. The summed E-state index contributed by atoms with van der Waals surface area (Å²) in [6.45, 7) is 2.84. The predicted molar refractivity (Wildman–Crippen MR) is 76.4 cm³/mol. The van der Waals surface area contributed by atoms with Crippen LogP contribution in [0.25, 0.3) is 0 Å². The Labute approximate surface area is 125 Å². The highest BCUT2D eigenvalue weighted by Gasteiger charge is 2.22. The standard InChI is InChI=1S/C12H14BrClO4S/c1-8-5-9(13)6-11(19(14,15)16)12(8)18-7-10-3-2-4-17-10/h5-6,10H,2-4,7H2,1H3. The second kappa shape index (κ2) is 5.99. The van der Waals surface area contributed by atoms with Crippen molar-refractivity contribution in [1.29, 1.82) is 0 Å². The van der Waals surface area contributed by atoms with Gasteiger partial charge in [0.2, 0.25) is 0 Å². The number of hydrogen-bond acceptors (Lipinski definition) is 4. The van der Waals surface area contributed by atoms with E-state index in [1.54, 1.807) is 13.0 Å². The summed E-state index contributed by atoms with van der Waals surface area (Å²) in [5.74, 6) is 0.300. The molecule has 1 fully saturated rings. The Morgan fingerprint density at radius 1 is 1.53 bits per heavy atom. The first kappa shape index (κ1) is 15.1. The van der Waals surface area contributed by atoms with Gasteiger partial charge < -0.3 is 9.47 Å². The third-order valence-electron chi connectivity index (χ3n) is 2.91. The van der Waals surface area contributed by atoms with E-state index in [-0.39, 0.29) is 11.0 Å². The normalized spacial score (nSPS) is 19.6. The zero-order valence-electron chi connectivity index (χ0n) is 10.4. The molecule has 1 saturated heterocycles. The van der Waals surface area contributed by atoms with Crippen molar-refractivity contribution in [2.45, 2.75) is 30.8 Å². The van der Waals surface area contributed by atoms with Crippen molar-refractivity contribution in [3.63, 3.8) is 0 Å². The molecule has 1 aliphatic heterocycles. The fourth-order valence-electron chi connectivity index (χ4n) is 2.02. The number of ether oxygens (including phenoxy) is 2. The van der Waals surface area contributed by atoms with Gasteiger partial charge in [0.05, 0.1) is 6.10 Å². The van der Waals surface area contributed by atoms with E-state index in [1.165, 1.54) is 6.07 Å². The molecule has 1 atom stereocenters. The monoisotopic (exact) mass is 368 g/mol. The van der Waals surface area contributed by atoms with Crippen LogP contribution in [0.5, 0.6) is 5.75 Å². The molecule has 7 heteroatoms. The molecule has 1 unspecified atom stereocenters. The number of aryl methyl sites for hydroxylation is 1. The molecule has 0 aromatic heterocycles. The lowest BCUT2D eigenvalue weighted by Crippen LogP contribution is -2.17. The highest BCUT2D eigenvalue weighted by atomic mass is 79.9. The summed E-state index contributed by atoms with van der Waals surface area (Å²) in [7, 11) is 1.60. The topological polar surface area (TPSA) is 52.6 Å². The van der Waals surface area contributed by atoms with E-state index in [9.17, 15) is 8.42 Å². The van der Waals surface area contributed by atoms with Crippen LogP contribution in [-0.4, -0.2) is 27.7 Å². The molecule has 0 bridgehead atoms. The van der Waals surface area contributed by atoms with Gasteiger partial charge in [-0.2, -0.15) is 0 Å². The SMILES string of the molecule is Cc1cc(Br)cc(S(=O)(=O)Cl)c1OCC1CCCO1. The quantitative estimate of drug-likeness (QED) is 0.765. The summed E-state index contributed by atoms with van der Waals surface area (Å²) < 4.78 is 34.9. The Hall–Kier alpha value is -0.300. The Morgan fingerprint density at radius 2 is 2.26 bits per heavy atom. The summed E-state index contributed by atoms with van der Waals surface area (Å²) in [6, 6.07) is 3.23. The van der Waals surface area contributed by atoms with Gasteiger partial charge >= 0.3 is 0 Å². The van der Waals surface area contributed by atoms with Crippen LogP contribution in [0, 0.1) is 6.92 Å². The second-order valence-corrected chi connectivity index (χ2v) is 7.88. The summed E-state index contributed by atoms with van der Waals surface area (Å²) in [6.07, 6.45) is 1.96. The smallest absolute Gasteiger partial charge is 0.265 e. The summed E-state index contributed by atoms with van der Waals surface area (Å²) >= 11 is 3.25. The van der Waals surface area contributed by atoms with E-state index in [1.807, 2.05) is 0 Å². The van der Waals surface area contributed by atoms with Crippen molar-refractivity contribution in [1.82, 2.24) is 0 Å². The summed E-state index contributed by atoms with van der Waals surface area (Å²) in [5.41, 5.74) is 0.714. The molecule has 4 nitrogen and oxygen atoms in total. The van der Waals surface area contributed by atoms with Gasteiger partial charge in [-0.15, -0.1) is 0 Å². The lowest BCUT2D eigenvalue weighted by Gasteiger charge is -2.16. The predicted octanol–water partition coefficient (Wildman–Crippen LogP) is 3.24. The van der Waals surface area contributed by atoms with Gasteiger partial charge in [0.15, 0.2) is 0 Å². The molecule has 2 rings (SSSR count). The minimum Gasteiger partial charge on any atom is -0.489 e. The fraction of sp³-hybridized carbons (Fsp3) is 0.500. The maximum absolute atomic E-state index is 11.6. The van der Waals surface area contributed by atoms with E-state index in [0.717, 1.165) is 19.4 Å². The molecule has 0 saturated carbocycles. The zero-order valence-corrected chi connectivity index (χ0v) is 13.5. The van der Waals surface area contributed by atoms with Crippen LogP contribution in [0.3, 0.4) is 0 Å². The number of hydrogen-bond donors (Lipinski definition) is 0. The molecule has 0 spiro atoms. The molecule has 1 aromatic rings. The van der Waals surface area contributed by atoms with E-state index >= 15 is 0 Å². The molecule has 1 aliphatic rings. The first-order valence-electron chi connectivity index (χ1n) is 5.87. The number of halogens is 2. The molecule has 19 heavy (non-hydrogen) atoms. The first-order valence-corrected chi connectivity index (χ1v) is 8.97. The van der Waals surface area contributed by atoms with Gasteiger partial charge in [-0.25, -0.2) is 8.42 Å². The van der Waals surface area contributed by atoms with Crippen LogP contribution >= 0.6 is 26.6 Å². The molecule has 106 valence electrons. The zero-order chi connectivity index (χ0) is 14.0. The largest absolute Gasteiger partial charge is 0.489 e. The Kier molecular flexibility index (Phi) is 4.76. The van der Waals surface area contributed by atoms with Crippen molar-refractivity contribution < 1.29 is 17.9 Å². The summed E-state index contributed by atoms with van der Waals surface area (Å²) in [5, 5.41) is 0. The van der Waals surface area contributed by atoms with Crippen molar-refractivity contribution >= 4 is 35.7 Å². The molecule has 1 heterocycles. The molecule has 0 N–H and O–H groups in total. The highest BCUT2D eigenvalue weighted by Crippen LogP contribution is 2.34. The minimum absolute atomic E-state index is 0.0148. The average Bonchev–Trinajstić information content (AvgIpc) is 2.78. The second-order valence-electron chi connectivity index (χ2n) is 4.43. The van der Waals surface area contributed by atoms with Gasteiger partial charge in [0.1, 0.15) is 17.3 Å². The van der Waals surface area contributed by atoms with E-state index in [4.69, 9.17) is 20.2 Å². The van der Waals surface area contributed by atoms with E-state index in [2.05, 4.69) is 15.9 Å². The van der Waals surface area contributed by atoms with Gasteiger partial charge in [-0.1, -0.05) is 15.9 Å². The van der Waals surface area contributed by atoms with Crippen LogP contribution in [0.15, 0.2) is 21.5 Å². The average molecular weight is 370 g/mol. The molecular formula is C12H14BrClO4S. The van der Waals surface area contributed by atoms with Gasteiger partial charge in [-0.3, -0.25) is 0 Å². The van der Waals surface area contributed by atoms with Crippen LogP contribution in [0.2, 0.25) is 0 Å². The Balaban J connectivity index is 2.27. The van der Waals surface area contributed by atoms with Crippen LogP contribution in [0.1, 0.15) is 18.4 Å². The van der Waals surface area contributed by atoms with Crippen molar-refractivity contribution in [2.24, 2.45) is 0 Å². The molecular weight excluding hydrogens is 356 g/mol. The lowest BCUT2D eigenvalue weighted by molar-refractivity contribution is 0.0667. The van der Waals surface area contributed by atoms with E-state index in [0.29, 0.717) is 22.4 Å². The van der Waals surface area contributed by atoms with Gasteiger partial charge in [-0.05, 0) is 37.5 Å². The third kappa shape index (κ3) is 3.84. The van der Waals surface area contributed by atoms with Crippen molar-refractivity contribution in [3.05, 3.63) is 22.2 Å². The minimum atomic E-state index is -3.85. The maximum Gasteiger partial charge on any atom is 0.265 e. The van der Waals surface area contributed by atoms with Crippen molar-refractivity contribution in [2.75, 3.05) is 13.2 Å². The van der Waals surface area contributed by atoms with Crippen LogP contribution < -0.4 is 4.74 Å². The molecule has 0 radical (unpaired) electrons. The Bertz CT molecular complexity index is 567. The third-order valence-corrected chi connectivity index (χ3v) is 4.69. The molecule has 1 aromatic carbocycles. The maximum atomic E-state index is 11.6.